The largest absolute Gasteiger partial charge is 0.326 e. The molecule has 21 heavy (non-hydrogen) atoms. The topological polar surface area (TPSA) is 62.6 Å². The van der Waals surface area contributed by atoms with Crippen LogP contribution >= 0.6 is 0 Å². The maximum Gasteiger partial charge on any atom is 0.326 e. The van der Waals surface area contributed by atoms with Gasteiger partial charge in [0.15, 0.2) is 6.54 Å². The van der Waals surface area contributed by atoms with Crippen LogP contribution in [0.4, 0.5) is 14.9 Å². The normalized spacial score (nSPS) is 21.6. The van der Waals surface area contributed by atoms with Gasteiger partial charge in [-0.05, 0) is 38.3 Å². The fourth-order valence-electron chi connectivity index (χ4n) is 2.61. The zero-order chi connectivity index (χ0) is 15.2. The monoisotopic (exact) mass is 294 g/mol. The van der Waals surface area contributed by atoms with E-state index in [-0.39, 0.29) is 18.1 Å². The van der Waals surface area contributed by atoms with Gasteiger partial charge in [-0.2, -0.15) is 0 Å². The SMILES string of the molecule is C[C@H]1CCCC[NH+]1CC(=O)NC(=O)Nc1ccccc1F. The molecule has 0 aromatic heterocycles. The Hall–Kier alpha value is -1.95. The number of rotatable bonds is 3. The molecule has 0 radical (unpaired) electrons. The zero-order valence-electron chi connectivity index (χ0n) is 12.1. The maximum atomic E-state index is 13.4. The smallest absolute Gasteiger partial charge is 0.325 e. The number of hydrogen-bond donors (Lipinski definition) is 3. The first-order chi connectivity index (χ1) is 10.1. The lowest BCUT2D eigenvalue weighted by molar-refractivity contribution is -0.920. The van der Waals surface area contributed by atoms with Crippen LogP contribution < -0.4 is 15.5 Å². The molecule has 6 heteroatoms. The first kappa shape index (κ1) is 15.4. The number of halogens is 1. The fourth-order valence-corrected chi connectivity index (χ4v) is 2.61. The molecular weight excluding hydrogens is 273 g/mol. The number of anilines is 1. The van der Waals surface area contributed by atoms with Crippen LogP contribution in [0.3, 0.4) is 0 Å². The van der Waals surface area contributed by atoms with Gasteiger partial charge in [-0.25, -0.2) is 9.18 Å². The number of carbonyl (C=O) groups excluding carboxylic acids is 2. The summed E-state index contributed by atoms with van der Waals surface area (Å²) in [6.45, 7) is 3.33. The van der Waals surface area contributed by atoms with Gasteiger partial charge in [0.05, 0.1) is 18.3 Å². The fraction of sp³-hybridized carbons (Fsp3) is 0.467. The number of benzene rings is 1. The summed E-state index contributed by atoms with van der Waals surface area (Å²) in [5.41, 5.74) is 0.0569. The lowest BCUT2D eigenvalue weighted by atomic mass is 10.0. The molecule has 1 saturated heterocycles. The summed E-state index contributed by atoms with van der Waals surface area (Å²) in [6, 6.07) is 5.56. The molecule has 0 spiro atoms. The minimum atomic E-state index is -0.700. The second kappa shape index (κ2) is 7.17. The Labute approximate surface area is 123 Å². The Bertz CT molecular complexity index is 521. The molecular formula is C15H21FN3O2+. The molecule has 1 aliphatic heterocycles. The Morgan fingerprint density at radius 1 is 1.33 bits per heavy atom. The lowest BCUT2D eigenvalue weighted by Gasteiger charge is -2.29. The molecule has 3 amide bonds. The highest BCUT2D eigenvalue weighted by molar-refractivity contribution is 6.01. The van der Waals surface area contributed by atoms with Gasteiger partial charge in [-0.3, -0.25) is 10.1 Å². The predicted molar refractivity (Wildman–Crippen MR) is 77.6 cm³/mol. The maximum absolute atomic E-state index is 13.4. The molecule has 2 rings (SSSR count). The summed E-state index contributed by atoms with van der Waals surface area (Å²) in [7, 11) is 0. The number of hydrogen-bond acceptors (Lipinski definition) is 2. The molecule has 1 aliphatic rings. The second-order valence-electron chi connectivity index (χ2n) is 5.46. The molecule has 1 heterocycles. The van der Waals surface area contributed by atoms with E-state index in [2.05, 4.69) is 17.6 Å². The van der Waals surface area contributed by atoms with Crippen molar-refractivity contribution >= 4 is 17.6 Å². The number of quaternary nitrogens is 1. The third-order valence-corrected chi connectivity index (χ3v) is 3.84. The Balaban J connectivity index is 1.82. The molecule has 0 bridgehead atoms. The molecule has 1 aromatic rings. The van der Waals surface area contributed by atoms with Crippen molar-refractivity contribution in [1.82, 2.24) is 5.32 Å². The van der Waals surface area contributed by atoms with Crippen molar-refractivity contribution in [1.29, 1.82) is 0 Å². The van der Waals surface area contributed by atoms with E-state index in [1.54, 1.807) is 6.07 Å². The minimum Gasteiger partial charge on any atom is -0.325 e. The lowest BCUT2D eigenvalue weighted by Crippen LogP contribution is -3.17. The van der Waals surface area contributed by atoms with Crippen molar-refractivity contribution in [2.45, 2.75) is 32.2 Å². The highest BCUT2D eigenvalue weighted by Gasteiger charge is 2.24. The number of amides is 3. The molecule has 1 aromatic carbocycles. The number of urea groups is 1. The first-order valence-electron chi connectivity index (χ1n) is 7.26. The third kappa shape index (κ3) is 4.53. The van der Waals surface area contributed by atoms with Crippen LogP contribution in [0.2, 0.25) is 0 Å². The van der Waals surface area contributed by atoms with Crippen molar-refractivity contribution in [2.24, 2.45) is 0 Å². The summed E-state index contributed by atoms with van der Waals surface area (Å²) >= 11 is 0. The van der Waals surface area contributed by atoms with E-state index in [1.807, 2.05) is 0 Å². The van der Waals surface area contributed by atoms with Gasteiger partial charge < -0.3 is 10.2 Å². The highest BCUT2D eigenvalue weighted by atomic mass is 19.1. The summed E-state index contributed by atoms with van der Waals surface area (Å²) in [5, 5.41) is 4.58. The van der Waals surface area contributed by atoms with Gasteiger partial charge in [0.2, 0.25) is 0 Å². The van der Waals surface area contributed by atoms with E-state index in [9.17, 15) is 14.0 Å². The minimum absolute atomic E-state index is 0.0569. The van der Waals surface area contributed by atoms with E-state index < -0.39 is 11.8 Å². The molecule has 2 atom stereocenters. The van der Waals surface area contributed by atoms with Crippen molar-refractivity contribution in [3.8, 4) is 0 Å². The van der Waals surface area contributed by atoms with Crippen molar-refractivity contribution < 1.29 is 18.9 Å². The number of imide groups is 1. The van der Waals surface area contributed by atoms with Crippen molar-refractivity contribution in [2.75, 3.05) is 18.4 Å². The summed E-state index contributed by atoms with van der Waals surface area (Å²) in [4.78, 5) is 24.7. The first-order valence-corrected chi connectivity index (χ1v) is 7.26. The standard InChI is InChI=1S/C15H20FN3O2/c1-11-6-4-5-9-19(11)10-14(20)18-15(21)17-13-8-3-2-7-12(13)16/h2-3,7-8,11H,4-6,9-10H2,1H3,(H2,17,18,20,21)/p+1/t11-/m0/s1. The van der Waals surface area contributed by atoms with Gasteiger partial charge in [0, 0.05) is 0 Å². The Kier molecular flexibility index (Phi) is 5.27. The summed E-state index contributed by atoms with van der Waals surface area (Å²) in [6.07, 6.45) is 3.40. The quantitative estimate of drug-likeness (QED) is 0.776. The summed E-state index contributed by atoms with van der Waals surface area (Å²) < 4.78 is 13.4. The van der Waals surface area contributed by atoms with Crippen LogP contribution in [0.1, 0.15) is 26.2 Å². The zero-order valence-corrected chi connectivity index (χ0v) is 12.1. The van der Waals surface area contributed by atoms with Crippen LogP contribution in [0.25, 0.3) is 0 Å². The van der Waals surface area contributed by atoms with Crippen molar-refractivity contribution in [3.05, 3.63) is 30.1 Å². The van der Waals surface area contributed by atoms with E-state index >= 15 is 0 Å². The van der Waals surface area contributed by atoms with Crippen LogP contribution in [0.5, 0.6) is 0 Å². The molecule has 1 fully saturated rings. The Morgan fingerprint density at radius 2 is 2.10 bits per heavy atom. The highest BCUT2D eigenvalue weighted by Crippen LogP contribution is 2.11. The number of piperidine rings is 1. The number of nitrogens with one attached hydrogen (secondary N) is 3. The van der Waals surface area contributed by atoms with Gasteiger partial charge >= 0.3 is 6.03 Å². The number of likely N-dealkylation sites (tertiary alicyclic amines) is 1. The molecule has 1 unspecified atom stereocenters. The van der Waals surface area contributed by atoms with E-state index in [1.165, 1.54) is 29.5 Å². The van der Waals surface area contributed by atoms with Gasteiger partial charge in [0.1, 0.15) is 5.82 Å². The third-order valence-electron chi connectivity index (χ3n) is 3.84. The molecule has 0 saturated carbocycles. The Morgan fingerprint density at radius 3 is 2.81 bits per heavy atom. The van der Waals surface area contributed by atoms with Crippen LogP contribution in [-0.4, -0.2) is 31.1 Å². The van der Waals surface area contributed by atoms with E-state index in [0.717, 1.165) is 19.4 Å². The predicted octanol–water partition coefficient (Wildman–Crippen LogP) is 0.931. The summed E-state index contributed by atoms with van der Waals surface area (Å²) in [5.74, 6) is -0.872. The molecule has 3 N–H and O–H groups in total. The van der Waals surface area contributed by atoms with Crippen LogP contribution in [0.15, 0.2) is 24.3 Å². The molecule has 5 nitrogen and oxygen atoms in total. The van der Waals surface area contributed by atoms with Crippen LogP contribution in [-0.2, 0) is 4.79 Å². The van der Waals surface area contributed by atoms with Crippen molar-refractivity contribution in [3.63, 3.8) is 0 Å². The average molecular weight is 294 g/mol. The van der Waals surface area contributed by atoms with E-state index in [0.29, 0.717) is 6.04 Å². The van der Waals surface area contributed by atoms with Crippen LogP contribution in [0, 0.1) is 5.82 Å². The van der Waals surface area contributed by atoms with E-state index in [4.69, 9.17) is 0 Å². The number of para-hydroxylation sites is 1. The molecule has 114 valence electrons. The molecule has 0 aliphatic carbocycles. The van der Waals surface area contributed by atoms with Gasteiger partial charge in [-0.1, -0.05) is 12.1 Å². The average Bonchev–Trinajstić information content (AvgIpc) is 2.44. The second-order valence-corrected chi connectivity index (χ2v) is 5.46. The van der Waals surface area contributed by atoms with Gasteiger partial charge in [-0.15, -0.1) is 0 Å². The number of carbonyl (C=O) groups is 2. The van der Waals surface area contributed by atoms with Gasteiger partial charge in [0.25, 0.3) is 5.91 Å².